The van der Waals surface area contributed by atoms with Crippen molar-refractivity contribution in [1.82, 2.24) is 9.80 Å². The summed E-state index contributed by atoms with van der Waals surface area (Å²) < 4.78 is 27.8. The summed E-state index contributed by atoms with van der Waals surface area (Å²) in [5.41, 5.74) is 2.40. The Balaban J connectivity index is 1.34. The van der Waals surface area contributed by atoms with Gasteiger partial charge in [0.25, 0.3) is 0 Å². The highest BCUT2D eigenvalue weighted by Gasteiger charge is 2.32. The molecule has 8 heteroatoms. The van der Waals surface area contributed by atoms with Crippen LogP contribution < -0.4 is 4.90 Å². The molecule has 0 aromatic heterocycles. The van der Waals surface area contributed by atoms with Crippen LogP contribution >= 0.6 is 11.8 Å². The molecular formula is C25H29F2N3O2S. The van der Waals surface area contributed by atoms with Crippen LogP contribution in [-0.2, 0) is 4.79 Å². The number of rotatable bonds is 5. The average molecular weight is 474 g/mol. The topological polar surface area (TPSA) is 43.9 Å². The molecule has 2 aromatic rings. The number of carbonyl (C=O) groups excluding carboxylic acids is 2. The maximum atomic E-state index is 14.2. The van der Waals surface area contributed by atoms with Crippen molar-refractivity contribution in [3.8, 4) is 0 Å². The predicted molar refractivity (Wildman–Crippen MR) is 128 cm³/mol. The van der Waals surface area contributed by atoms with E-state index < -0.39 is 11.6 Å². The van der Waals surface area contributed by atoms with Gasteiger partial charge in [-0.15, -0.1) is 0 Å². The van der Waals surface area contributed by atoms with Crippen molar-refractivity contribution < 1.29 is 18.4 Å². The van der Waals surface area contributed by atoms with Gasteiger partial charge < -0.3 is 9.80 Å². The molecule has 5 nitrogen and oxygen atoms in total. The monoisotopic (exact) mass is 473 g/mol. The van der Waals surface area contributed by atoms with Gasteiger partial charge in [-0.3, -0.25) is 9.69 Å². The normalized spacial score (nSPS) is 19.4. The molecular weight excluding hydrogens is 444 g/mol. The number of nitrogens with zero attached hydrogens (tertiary/aromatic N) is 3. The molecule has 2 heterocycles. The SMILES string of the molecule is CC(C)c1ccc(N2CCN(CC(=O)N3CCSC(c4cc(F)ccc4F)CC3)C2=O)cc1. The average Bonchev–Trinajstić information content (AvgIpc) is 3.00. The van der Waals surface area contributed by atoms with E-state index in [2.05, 4.69) is 13.8 Å². The van der Waals surface area contributed by atoms with Crippen LogP contribution in [0.2, 0.25) is 0 Å². The first-order valence-corrected chi connectivity index (χ1v) is 12.4. The molecule has 0 spiro atoms. The third kappa shape index (κ3) is 5.32. The Hall–Kier alpha value is -2.61. The molecule has 0 N–H and O–H groups in total. The molecule has 2 aliphatic heterocycles. The minimum absolute atomic E-state index is 0.0308. The first kappa shape index (κ1) is 23.5. The lowest BCUT2D eigenvalue weighted by Crippen LogP contribution is -2.43. The van der Waals surface area contributed by atoms with Crippen LogP contribution in [-0.4, -0.2) is 60.2 Å². The third-order valence-corrected chi connectivity index (χ3v) is 7.60. The molecule has 0 radical (unpaired) electrons. The maximum absolute atomic E-state index is 14.2. The fourth-order valence-electron chi connectivity index (χ4n) is 4.30. The second kappa shape index (κ2) is 10.1. The maximum Gasteiger partial charge on any atom is 0.325 e. The summed E-state index contributed by atoms with van der Waals surface area (Å²) in [6, 6.07) is 11.3. The van der Waals surface area contributed by atoms with E-state index in [9.17, 15) is 18.4 Å². The van der Waals surface area contributed by atoms with Gasteiger partial charge >= 0.3 is 6.03 Å². The zero-order valence-electron chi connectivity index (χ0n) is 19.0. The molecule has 2 aliphatic rings. The van der Waals surface area contributed by atoms with Gasteiger partial charge in [0.05, 0.1) is 0 Å². The summed E-state index contributed by atoms with van der Waals surface area (Å²) in [6.45, 7) is 6.31. The first-order chi connectivity index (χ1) is 15.8. The molecule has 176 valence electrons. The summed E-state index contributed by atoms with van der Waals surface area (Å²) in [7, 11) is 0. The summed E-state index contributed by atoms with van der Waals surface area (Å²) in [4.78, 5) is 30.9. The number of benzene rings is 2. The second-order valence-electron chi connectivity index (χ2n) is 8.80. The molecule has 33 heavy (non-hydrogen) atoms. The number of urea groups is 1. The number of thioether (sulfide) groups is 1. The first-order valence-electron chi connectivity index (χ1n) is 11.3. The van der Waals surface area contributed by atoms with Crippen LogP contribution in [0.5, 0.6) is 0 Å². The summed E-state index contributed by atoms with van der Waals surface area (Å²) in [5, 5.41) is -0.198. The van der Waals surface area contributed by atoms with Crippen molar-refractivity contribution in [3.05, 3.63) is 65.2 Å². The Morgan fingerprint density at radius 2 is 1.82 bits per heavy atom. The Morgan fingerprint density at radius 1 is 1.06 bits per heavy atom. The predicted octanol–water partition coefficient (Wildman–Crippen LogP) is 5.04. The standard InChI is InChI=1S/C25H29F2N3O2S/c1-17(2)18-3-6-20(7-4-18)30-12-11-29(25(30)32)16-24(31)28-10-9-23(33-14-13-28)21-15-19(26)5-8-22(21)27/h3-8,15,17,23H,9-14,16H2,1-2H3. The molecule has 0 bridgehead atoms. The van der Waals surface area contributed by atoms with Crippen LogP contribution in [0.4, 0.5) is 19.3 Å². The number of hydrogen-bond donors (Lipinski definition) is 0. The fraction of sp³-hybridized carbons (Fsp3) is 0.440. The van der Waals surface area contributed by atoms with E-state index in [4.69, 9.17) is 0 Å². The Kier molecular flexibility index (Phi) is 7.22. The van der Waals surface area contributed by atoms with Crippen molar-refractivity contribution in [3.63, 3.8) is 0 Å². The number of hydrogen-bond acceptors (Lipinski definition) is 3. The Labute approximate surface area is 197 Å². The van der Waals surface area contributed by atoms with E-state index in [-0.39, 0.29) is 23.7 Å². The van der Waals surface area contributed by atoms with Crippen molar-refractivity contribution in [2.24, 2.45) is 0 Å². The molecule has 2 aromatic carbocycles. The summed E-state index contributed by atoms with van der Waals surface area (Å²) >= 11 is 1.54. The van der Waals surface area contributed by atoms with Crippen LogP contribution in [0.3, 0.4) is 0 Å². The van der Waals surface area contributed by atoms with Crippen LogP contribution in [0.25, 0.3) is 0 Å². The summed E-state index contributed by atoms with van der Waals surface area (Å²) in [5.74, 6) is 0.0693. The highest BCUT2D eigenvalue weighted by Crippen LogP contribution is 2.36. The second-order valence-corrected chi connectivity index (χ2v) is 10.1. The molecule has 0 aliphatic carbocycles. The number of halogens is 2. The van der Waals surface area contributed by atoms with E-state index in [1.165, 1.54) is 23.4 Å². The van der Waals surface area contributed by atoms with Crippen LogP contribution in [0.15, 0.2) is 42.5 Å². The molecule has 1 atom stereocenters. The smallest absolute Gasteiger partial charge is 0.325 e. The largest absolute Gasteiger partial charge is 0.340 e. The highest BCUT2D eigenvalue weighted by molar-refractivity contribution is 7.99. The van der Waals surface area contributed by atoms with Crippen molar-refractivity contribution >= 4 is 29.4 Å². The molecule has 0 saturated carbocycles. The quantitative estimate of drug-likeness (QED) is 0.611. The molecule has 3 amide bonds. The van der Waals surface area contributed by atoms with Gasteiger partial charge in [0.1, 0.15) is 18.2 Å². The van der Waals surface area contributed by atoms with E-state index in [1.807, 2.05) is 24.3 Å². The molecule has 2 saturated heterocycles. The molecule has 4 rings (SSSR count). The lowest BCUT2D eigenvalue weighted by molar-refractivity contribution is -0.131. The Morgan fingerprint density at radius 3 is 2.55 bits per heavy atom. The van der Waals surface area contributed by atoms with E-state index in [1.54, 1.807) is 14.7 Å². The van der Waals surface area contributed by atoms with Gasteiger partial charge in [0.2, 0.25) is 5.91 Å². The van der Waals surface area contributed by atoms with Crippen molar-refractivity contribution in [2.45, 2.75) is 31.4 Å². The number of anilines is 1. The third-order valence-electron chi connectivity index (χ3n) is 6.29. The zero-order chi connectivity index (χ0) is 23.5. The van der Waals surface area contributed by atoms with Gasteiger partial charge in [-0.25, -0.2) is 13.6 Å². The minimum atomic E-state index is -0.458. The van der Waals surface area contributed by atoms with Gasteiger partial charge in [0, 0.05) is 48.4 Å². The van der Waals surface area contributed by atoms with Crippen LogP contribution in [0, 0.1) is 11.6 Å². The lowest BCUT2D eigenvalue weighted by Gasteiger charge is -2.24. The van der Waals surface area contributed by atoms with Gasteiger partial charge in [-0.1, -0.05) is 26.0 Å². The number of carbonyl (C=O) groups is 2. The van der Waals surface area contributed by atoms with E-state index >= 15 is 0 Å². The molecule has 1 unspecified atom stereocenters. The summed E-state index contributed by atoms with van der Waals surface area (Å²) in [6.07, 6.45) is 0.541. The number of amides is 3. The van der Waals surface area contributed by atoms with Crippen LogP contribution in [0.1, 0.15) is 42.6 Å². The minimum Gasteiger partial charge on any atom is -0.340 e. The van der Waals surface area contributed by atoms with E-state index in [0.29, 0.717) is 49.8 Å². The lowest BCUT2D eigenvalue weighted by atomic mass is 10.0. The van der Waals surface area contributed by atoms with Crippen molar-refractivity contribution in [2.75, 3.05) is 43.4 Å². The van der Waals surface area contributed by atoms with Gasteiger partial charge in [-0.05, 0) is 48.2 Å². The highest BCUT2D eigenvalue weighted by atomic mass is 32.2. The molecule has 2 fully saturated rings. The van der Waals surface area contributed by atoms with Gasteiger partial charge in [0.15, 0.2) is 0 Å². The van der Waals surface area contributed by atoms with E-state index in [0.717, 1.165) is 17.8 Å². The fourth-order valence-corrected chi connectivity index (χ4v) is 5.54. The zero-order valence-corrected chi connectivity index (χ0v) is 19.8. The van der Waals surface area contributed by atoms with Gasteiger partial charge in [-0.2, -0.15) is 11.8 Å². The van der Waals surface area contributed by atoms with Crippen molar-refractivity contribution in [1.29, 1.82) is 0 Å². The Bertz CT molecular complexity index is 1020.